The van der Waals surface area contributed by atoms with E-state index in [-0.39, 0.29) is 11.8 Å². The van der Waals surface area contributed by atoms with Crippen molar-refractivity contribution >= 4 is 33.2 Å². The molecule has 8 nitrogen and oxygen atoms in total. The van der Waals surface area contributed by atoms with Gasteiger partial charge in [0.15, 0.2) is 11.5 Å². The lowest BCUT2D eigenvalue weighted by Gasteiger charge is -1.99. The number of aryl methyl sites for hydroxylation is 1. The Bertz CT molecular complexity index is 1400. The van der Waals surface area contributed by atoms with Gasteiger partial charge in [-0.15, -0.1) is 16.4 Å². The first-order valence-electron chi connectivity index (χ1n) is 9.18. The molecule has 1 N–H and O–H groups in total. The molecule has 4 heterocycles. The van der Waals surface area contributed by atoms with E-state index in [1.807, 2.05) is 6.92 Å². The third-order valence-electron chi connectivity index (χ3n) is 4.69. The van der Waals surface area contributed by atoms with Crippen LogP contribution in [0.2, 0.25) is 0 Å². The maximum Gasteiger partial charge on any atom is 0.348 e. The first-order valence-corrected chi connectivity index (χ1v) is 10.00. The SMILES string of the molecule is CCOC(=O)c1sc2ncn3nc(-c4cc(-c5ccc(F)cc5)n[nH]4)nc3c2c1C. The highest BCUT2D eigenvalue weighted by Crippen LogP contribution is 2.33. The second kappa shape index (κ2) is 6.99. The topological polar surface area (TPSA) is 98.1 Å². The minimum absolute atomic E-state index is 0.304. The van der Waals surface area contributed by atoms with Crippen LogP contribution < -0.4 is 0 Å². The van der Waals surface area contributed by atoms with Gasteiger partial charge in [-0.05, 0) is 49.7 Å². The Kier molecular flexibility index (Phi) is 4.28. The van der Waals surface area contributed by atoms with E-state index in [1.165, 1.54) is 23.5 Å². The number of carbonyl (C=O) groups is 1. The second-order valence-corrected chi connectivity index (χ2v) is 7.58. The Morgan fingerprint density at radius 1 is 1.30 bits per heavy atom. The summed E-state index contributed by atoms with van der Waals surface area (Å²) in [7, 11) is 0. The number of fused-ring (bicyclic) bond motifs is 3. The van der Waals surface area contributed by atoms with Crippen molar-refractivity contribution < 1.29 is 13.9 Å². The molecule has 0 fully saturated rings. The van der Waals surface area contributed by atoms with Gasteiger partial charge in [-0.3, -0.25) is 5.10 Å². The molecule has 0 unspecified atom stereocenters. The fraction of sp³-hybridized carbons (Fsp3) is 0.150. The molecule has 1 aromatic carbocycles. The van der Waals surface area contributed by atoms with Crippen molar-refractivity contribution in [3.63, 3.8) is 0 Å². The number of hydrogen-bond donors (Lipinski definition) is 1. The number of carbonyl (C=O) groups excluding carboxylic acids is 1. The molecule has 10 heteroatoms. The van der Waals surface area contributed by atoms with Gasteiger partial charge in [0.05, 0.1) is 17.7 Å². The Morgan fingerprint density at radius 3 is 2.87 bits per heavy atom. The van der Waals surface area contributed by atoms with Crippen LogP contribution in [-0.4, -0.2) is 42.4 Å². The second-order valence-electron chi connectivity index (χ2n) is 6.58. The number of halogens is 1. The summed E-state index contributed by atoms with van der Waals surface area (Å²) in [6.07, 6.45) is 1.57. The molecular weight excluding hydrogens is 407 g/mol. The van der Waals surface area contributed by atoms with E-state index >= 15 is 0 Å². The van der Waals surface area contributed by atoms with E-state index < -0.39 is 0 Å². The van der Waals surface area contributed by atoms with Crippen molar-refractivity contribution in [2.45, 2.75) is 13.8 Å². The lowest BCUT2D eigenvalue weighted by atomic mass is 10.1. The number of benzene rings is 1. The van der Waals surface area contributed by atoms with Crippen LogP contribution in [0, 0.1) is 12.7 Å². The molecule has 0 radical (unpaired) electrons. The van der Waals surface area contributed by atoms with Gasteiger partial charge in [0.1, 0.15) is 27.5 Å². The molecule has 0 aliphatic carbocycles. The van der Waals surface area contributed by atoms with E-state index in [1.54, 1.807) is 36.0 Å². The predicted molar refractivity (Wildman–Crippen MR) is 110 cm³/mol. The summed E-state index contributed by atoms with van der Waals surface area (Å²) in [5.74, 6) is -0.233. The summed E-state index contributed by atoms with van der Waals surface area (Å²) < 4.78 is 19.9. The highest BCUT2D eigenvalue weighted by Gasteiger charge is 2.21. The maximum absolute atomic E-state index is 13.2. The molecule has 0 amide bonds. The number of aromatic nitrogens is 6. The van der Waals surface area contributed by atoms with Crippen molar-refractivity contribution in [2.75, 3.05) is 6.61 Å². The number of hydrogen-bond acceptors (Lipinski definition) is 7. The molecular formula is C20H15FN6O2S. The van der Waals surface area contributed by atoms with Crippen molar-refractivity contribution in [1.82, 2.24) is 29.8 Å². The minimum atomic E-state index is -0.367. The molecule has 0 aliphatic rings. The van der Waals surface area contributed by atoms with Crippen molar-refractivity contribution in [2.24, 2.45) is 0 Å². The fourth-order valence-electron chi connectivity index (χ4n) is 3.24. The monoisotopic (exact) mass is 422 g/mol. The minimum Gasteiger partial charge on any atom is -0.462 e. The maximum atomic E-state index is 13.2. The van der Waals surface area contributed by atoms with E-state index in [2.05, 4.69) is 25.3 Å². The van der Waals surface area contributed by atoms with Crippen LogP contribution in [0.5, 0.6) is 0 Å². The van der Waals surface area contributed by atoms with E-state index in [9.17, 15) is 9.18 Å². The number of rotatable bonds is 4. The molecule has 150 valence electrons. The molecule has 4 aromatic heterocycles. The van der Waals surface area contributed by atoms with Gasteiger partial charge in [-0.1, -0.05) is 0 Å². The largest absolute Gasteiger partial charge is 0.462 e. The number of nitrogens with zero attached hydrogens (tertiary/aromatic N) is 5. The predicted octanol–water partition coefficient (Wildman–Crippen LogP) is 4.02. The zero-order chi connectivity index (χ0) is 20.8. The van der Waals surface area contributed by atoms with Crippen LogP contribution in [0.4, 0.5) is 4.39 Å². The van der Waals surface area contributed by atoms with Crippen molar-refractivity contribution in [3.05, 3.63) is 52.9 Å². The molecule has 5 aromatic rings. The summed E-state index contributed by atoms with van der Waals surface area (Å²) in [5.41, 5.74) is 3.41. The van der Waals surface area contributed by atoms with E-state index in [0.29, 0.717) is 39.2 Å². The van der Waals surface area contributed by atoms with Gasteiger partial charge in [-0.2, -0.15) is 5.10 Å². The molecule has 0 aliphatic heterocycles. The van der Waals surface area contributed by atoms with Gasteiger partial charge in [0, 0.05) is 5.56 Å². The number of thiophene rings is 1. The van der Waals surface area contributed by atoms with Gasteiger partial charge in [0.2, 0.25) is 0 Å². The first kappa shape index (κ1) is 18.4. The van der Waals surface area contributed by atoms with Crippen molar-refractivity contribution in [3.8, 4) is 22.8 Å². The summed E-state index contributed by atoms with van der Waals surface area (Å²) in [4.78, 5) is 22.5. The summed E-state index contributed by atoms with van der Waals surface area (Å²) in [5, 5.41) is 12.5. The standard InChI is InChI=1S/C20H15FN6O2S/c1-3-29-20(28)16-10(2)15-18-23-17(26-27(18)9-22-19(15)30-16)14-8-13(24-25-14)11-4-6-12(21)7-5-11/h4-9H,3H2,1-2H3,(H,24,25). The van der Waals surface area contributed by atoms with E-state index in [0.717, 1.165) is 16.5 Å². The summed E-state index contributed by atoms with van der Waals surface area (Å²) in [6, 6.07) is 7.89. The molecule has 0 saturated heterocycles. The van der Waals surface area contributed by atoms with Gasteiger partial charge in [0.25, 0.3) is 0 Å². The van der Waals surface area contributed by atoms with Crippen LogP contribution in [0.1, 0.15) is 22.2 Å². The molecule has 0 spiro atoms. The summed E-state index contributed by atoms with van der Waals surface area (Å²) in [6.45, 7) is 3.93. The van der Waals surface area contributed by atoms with Crippen LogP contribution in [0.3, 0.4) is 0 Å². The number of nitrogens with one attached hydrogen (secondary N) is 1. The lowest BCUT2D eigenvalue weighted by molar-refractivity contribution is 0.0531. The van der Waals surface area contributed by atoms with Gasteiger partial charge < -0.3 is 4.74 Å². The highest BCUT2D eigenvalue weighted by molar-refractivity contribution is 7.20. The lowest BCUT2D eigenvalue weighted by Crippen LogP contribution is -2.03. The number of H-pyrrole nitrogens is 1. The Morgan fingerprint density at radius 2 is 2.10 bits per heavy atom. The average molecular weight is 422 g/mol. The Balaban J connectivity index is 1.59. The van der Waals surface area contributed by atoms with Crippen LogP contribution in [0.15, 0.2) is 36.7 Å². The number of ether oxygens (including phenoxy) is 1. The Hall–Kier alpha value is -3.66. The Labute approximate surface area is 173 Å². The normalized spacial score (nSPS) is 11.4. The van der Waals surface area contributed by atoms with E-state index in [4.69, 9.17) is 4.74 Å². The number of esters is 1. The molecule has 30 heavy (non-hydrogen) atoms. The summed E-state index contributed by atoms with van der Waals surface area (Å²) >= 11 is 1.28. The van der Waals surface area contributed by atoms with Crippen LogP contribution >= 0.6 is 11.3 Å². The highest BCUT2D eigenvalue weighted by atomic mass is 32.1. The van der Waals surface area contributed by atoms with Crippen LogP contribution in [-0.2, 0) is 4.74 Å². The third-order valence-corrected chi connectivity index (χ3v) is 5.87. The van der Waals surface area contributed by atoms with Crippen LogP contribution in [0.25, 0.3) is 38.6 Å². The number of aromatic amines is 1. The fourth-order valence-corrected chi connectivity index (χ4v) is 4.28. The first-order chi connectivity index (χ1) is 14.5. The molecule has 0 atom stereocenters. The molecule has 0 bridgehead atoms. The van der Waals surface area contributed by atoms with Gasteiger partial charge in [-0.25, -0.2) is 23.7 Å². The smallest absolute Gasteiger partial charge is 0.348 e. The van der Waals surface area contributed by atoms with Crippen molar-refractivity contribution in [1.29, 1.82) is 0 Å². The zero-order valence-electron chi connectivity index (χ0n) is 16.0. The van der Waals surface area contributed by atoms with Gasteiger partial charge >= 0.3 is 5.97 Å². The quantitative estimate of drug-likeness (QED) is 0.439. The third kappa shape index (κ3) is 2.92. The molecule has 5 rings (SSSR count). The zero-order valence-corrected chi connectivity index (χ0v) is 16.8. The molecule has 0 saturated carbocycles. The average Bonchev–Trinajstić information content (AvgIpc) is 3.45.